The molecule has 1 aliphatic carbocycles. The largest absolute Gasteiger partial charge is 1.00 e. The van der Waals surface area contributed by atoms with Gasteiger partial charge in [-0.05, 0) is 12.3 Å². The number of carboxylic acids is 1. The Balaban J connectivity index is 0.00000289. The van der Waals surface area contributed by atoms with E-state index in [2.05, 4.69) is 0 Å². The van der Waals surface area contributed by atoms with Crippen LogP contribution in [0.25, 0.3) is 0 Å². The van der Waals surface area contributed by atoms with Crippen LogP contribution in [0.2, 0.25) is 0 Å². The van der Waals surface area contributed by atoms with Crippen molar-refractivity contribution in [2.24, 2.45) is 11.8 Å². The first-order chi connectivity index (χ1) is 7.97. The smallest absolute Gasteiger partial charge is 0.548 e. The van der Waals surface area contributed by atoms with Gasteiger partial charge in [-0.2, -0.15) is 0 Å². The van der Waals surface area contributed by atoms with Gasteiger partial charge < -0.3 is 29.6 Å². The molecule has 7 heteroatoms. The van der Waals surface area contributed by atoms with Crippen molar-refractivity contribution in [2.45, 2.75) is 31.7 Å². The molecular formula is C11H19NaO6. The van der Waals surface area contributed by atoms with Gasteiger partial charge in [0.15, 0.2) is 0 Å². The van der Waals surface area contributed by atoms with Gasteiger partial charge in [0, 0.05) is 13.0 Å². The molecule has 0 heterocycles. The van der Waals surface area contributed by atoms with E-state index in [1.54, 1.807) is 0 Å². The van der Waals surface area contributed by atoms with Crippen LogP contribution in [-0.4, -0.2) is 54.8 Å². The molecule has 2 unspecified atom stereocenters. The summed E-state index contributed by atoms with van der Waals surface area (Å²) in [7, 11) is 1.45. The van der Waals surface area contributed by atoms with Crippen LogP contribution in [0.15, 0.2) is 0 Å². The van der Waals surface area contributed by atoms with Gasteiger partial charge >= 0.3 is 29.6 Å². The molecule has 0 amide bonds. The number of methoxy groups -OCH3 is 1. The summed E-state index contributed by atoms with van der Waals surface area (Å²) in [5.41, 5.74) is 0. The molecule has 0 bridgehead atoms. The number of aliphatic carboxylic acids is 1. The van der Waals surface area contributed by atoms with Gasteiger partial charge in [0.1, 0.15) is 6.10 Å². The Bertz CT molecular complexity index is 262. The zero-order valence-corrected chi connectivity index (χ0v) is 13.0. The molecule has 1 rings (SSSR count). The molecule has 0 radical (unpaired) electrons. The fourth-order valence-corrected chi connectivity index (χ4v) is 2.35. The van der Waals surface area contributed by atoms with Crippen LogP contribution in [0.1, 0.15) is 13.3 Å². The summed E-state index contributed by atoms with van der Waals surface area (Å²) in [5, 5.41) is 29.7. The molecule has 0 aliphatic heterocycles. The number of aliphatic hydroxyl groups excluding tert-OH is 2. The molecule has 0 aromatic heterocycles. The SMILES string of the molecule is CO[C@@H]1C(COCC(=O)[O-])C[C@H](C)C(O)[C@@H]1O.[Na+]. The molecule has 2 N–H and O–H groups in total. The van der Waals surface area contributed by atoms with E-state index in [0.717, 1.165) is 0 Å². The van der Waals surface area contributed by atoms with Crippen LogP contribution in [0, 0.1) is 11.8 Å². The van der Waals surface area contributed by atoms with Gasteiger partial charge in [0.25, 0.3) is 0 Å². The first-order valence-corrected chi connectivity index (χ1v) is 5.63. The predicted octanol–water partition coefficient (Wildman–Crippen LogP) is -4.85. The molecule has 5 atom stereocenters. The molecule has 100 valence electrons. The van der Waals surface area contributed by atoms with E-state index in [4.69, 9.17) is 9.47 Å². The maximum absolute atomic E-state index is 10.2. The van der Waals surface area contributed by atoms with Gasteiger partial charge in [-0.15, -0.1) is 0 Å². The maximum Gasteiger partial charge on any atom is 1.00 e. The van der Waals surface area contributed by atoms with E-state index in [0.29, 0.717) is 6.42 Å². The van der Waals surface area contributed by atoms with Crippen LogP contribution >= 0.6 is 0 Å². The molecule has 18 heavy (non-hydrogen) atoms. The Morgan fingerprint density at radius 1 is 1.39 bits per heavy atom. The number of hydrogen-bond donors (Lipinski definition) is 2. The average molecular weight is 270 g/mol. The quantitative estimate of drug-likeness (QED) is 0.486. The summed E-state index contributed by atoms with van der Waals surface area (Å²) in [5.74, 6) is -1.48. The third-order valence-electron chi connectivity index (χ3n) is 3.23. The van der Waals surface area contributed by atoms with Gasteiger partial charge in [-0.25, -0.2) is 0 Å². The number of rotatable bonds is 5. The van der Waals surface area contributed by atoms with Crippen molar-refractivity contribution in [3.05, 3.63) is 0 Å². The second-order valence-corrected chi connectivity index (χ2v) is 4.54. The third-order valence-corrected chi connectivity index (χ3v) is 3.23. The summed E-state index contributed by atoms with van der Waals surface area (Å²) in [4.78, 5) is 10.2. The molecule has 6 nitrogen and oxygen atoms in total. The van der Waals surface area contributed by atoms with Gasteiger partial charge in [0.05, 0.1) is 31.4 Å². The Kier molecular flexibility index (Phi) is 8.62. The first-order valence-electron chi connectivity index (χ1n) is 5.63. The Morgan fingerprint density at radius 2 is 2.00 bits per heavy atom. The van der Waals surface area contributed by atoms with Crippen molar-refractivity contribution in [1.29, 1.82) is 0 Å². The van der Waals surface area contributed by atoms with E-state index in [-0.39, 0.29) is 48.0 Å². The van der Waals surface area contributed by atoms with Crippen LogP contribution < -0.4 is 34.7 Å². The predicted molar refractivity (Wildman–Crippen MR) is 55.9 cm³/mol. The fourth-order valence-electron chi connectivity index (χ4n) is 2.35. The monoisotopic (exact) mass is 270 g/mol. The molecule has 1 aliphatic rings. The van der Waals surface area contributed by atoms with Crippen molar-refractivity contribution in [2.75, 3.05) is 20.3 Å². The molecule has 0 spiro atoms. The zero-order chi connectivity index (χ0) is 13.0. The first kappa shape index (κ1) is 18.3. The summed E-state index contributed by atoms with van der Waals surface area (Å²) >= 11 is 0. The normalized spacial score (nSPS) is 35.9. The topological polar surface area (TPSA) is 99.1 Å². The minimum Gasteiger partial charge on any atom is -0.548 e. The summed E-state index contributed by atoms with van der Waals surface area (Å²) < 4.78 is 10.1. The summed E-state index contributed by atoms with van der Waals surface area (Å²) in [6.45, 7) is 1.52. The molecule has 0 aromatic rings. The zero-order valence-electron chi connectivity index (χ0n) is 11.0. The summed E-state index contributed by atoms with van der Waals surface area (Å²) in [6, 6.07) is 0. The van der Waals surface area contributed by atoms with Crippen LogP contribution in [0.4, 0.5) is 0 Å². The number of carboxylic acid groups (broad SMARTS) is 1. The number of aliphatic hydroxyl groups is 2. The molecular weight excluding hydrogens is 251 g/mol. The maximum atomic E-state index is 10.2. The van der Waals surface area contributed by atoms with E-state index in [1.165, 1.54) is 7.11 Å². The van der Waals surface area contributed by atoms with Gasteiger partial charge in [-0.1, -0.05) is 6.92 Å². The van der Waals surface area contributed by atoms with Crippen molar-refractivity contribution < 1.29 is 59.1 Å². The number of carbonyl (C=O) groups excluding carboxylic acids is 1. The fraction of sp³-hybridized carbons (Fsp3) is 0.909. The Hall–Kier alpha value is 0.310. The number of carbonyl (C=O) groups is 1. The van der Waals surface area contributed by atoms with Gasteiger partial charge in [0.2, 0.25) is 0 Å². The van der Waals surface area contributed by atoms with Crippen LogP contribution in [0.3, 0.4) is 0 Å². The van der Waals surface area contributed by atoms with Crippen molar-refractivity contribution in [3.8, 4) is 0 Å². The Morgan fingerprint density at radius 3 is 2.50 bits per heavy atom. The van der Waals surface area contributed by atoms with Gasteiger partial charge in [-0.3, -0.25) is 0 Å². The number of hydrogen-bond acceptors (Lipinski definition) is 6. The van der Waals surface area contributed by atoms with Crippen LogP contribution in [0.5, 0.6) is 0 Å². The molecule has 1 saturated carbocycles. The van der Waals surface area contributed by atoms with Crippen LogP contribution in [-0.2, 0) is 14.3 Å². The summed E-state index contributed by atoms with van der Waals surface area (Å²) in [6.07, 6.45) is -1.72. The van der Waals surface area contributed by atoms with Crippen molar-refractivity contribution in [3.63, 3.8) is 0 Å². The standard InChI is InChI=1S/C11H20O6.Na/c1-6-3-7(4-17-5-8(12)13)11(16-2)10(15)9(6)14;/h6-7,9-11,14-15H,3-5H2,1-2H3,(H,12,13);/q;+1/p-1/t6-,7?,9?,10-,11+;/m0./s1. The third kappa shape index (κ3) is 4.77. The van der Waals surface area contributed by atoms with E-state index >= 15 is 0 Å². The second-order valence-electron chi connectivity index (χ2n) is 4.54. The molecule has 0 aromatic carbocycles. The van der Waals surface area contributed by atoms with E-state index in [1.807, 2.05) is 6.92 Å². The second kappa shape index (κ2) is 8.47. The number of ether oxygens (including phenoxy) is 2. The van der Waals surface area contributed by atoms with Crippen molar-refractivity contribution >= 4 is 5.97 Å². The average Bonchev–Trinajstić information content (AvgIpc) is 2.26. The Labute approximate surface area is 129 Å². The molecule has 0 saturated heterocycles. The minimum absolute atomic E-state index is 0. The molecule has 1 fully saturated rings. The van der Waals surface area contributed by atoms with E-state index in [9.17, 15) is 20.1 Å². The minimum atomic E-state index is -1.27. The van der Waals surface area contributed by atoms with E-state index < -0.39 is 30.9 Å². The van der Waals surface area contributed by atoms with Crippen molar-refractivity contribution in [1.82, 2.24) is 0 Å².